The van der Waals surface area contributed by atoms with Gasteiger partial charge in [-0.1, -0.05) is 0 Å². The Balaban J connectivity index is 3.21. The Hall–Kier alpha value is -0.440. The molecule has 0 spiro atoms. The lowest BCUT2D eigenvalue weighted by molar-refractivity contribution is -0.137. The maximum absolute atomic E-state index is 12.7. The first-order valence-corrected chi connectivity index (χ1v) is 9.02. The van der Waals surface area contributed by atoms with Crippen LogP contribution in [0.1, 0.15) is 32.8 Å². The second-order valence-electron chi connectivity index (χ2n) is 5.41. The topological polar surface area (TPSA) is 74.7 Å². The lowest BCUT2D eigenvalue weighted by atomic mass is 10.1. The van der Waals surface area contributed by atoms with Crippen LogP contribution in [-0.4, -0.2) is 35.9 Å². The van der Waals surface area contributed by atoms with E-state index in [1.165, 1.54) is 4.31 Å². The summed E-state index contributed by atoms with van der Waals surface area (Å²) >= 11 is 4.45. The van der Waals surface area contributed by atoms with Crippen LogP contribution in [0.2, 0.25) is 0 Å². The number of hydrogen-bond donors (Lipinski definition) is 1. The average Bonchev–Trinajstić information content (AvgIpc) is 2.57. The molecular weight excluding hydrogens is 366 g/mol. The van der Waals surface area contributed by atoms with E-state index in [2.05, 4.69) is 15.9 Å². The SMILES string of the molecule is Cc1cc(S(=O)(=O)N(CCC(=O)O)C(C)(C)C)sc1Br. The molecule has 0 aliphatic rings. The van der Waals surface area contributed by atoms with Crippen LogP contribution in [-0.2, 0) is 14.8 Å². The average molecular weight is 384 g/mol. The van der Waals surface area contributed by atoms with E-state index >= 15 is 0 Å². The van der Waals surface area contributed by atoms with Crippen molar-refractivity contribution in [2.75, 3.05) is 6.54 Å². The predicted octanol–water partition coefficient (Wildman–Crippen LogP) is 3.08. The molecule has 1 aromatic rings. The Kier molecular flexibility index (Phi) is 5.40. The minimum atomic E-state index is -3.70. The van der Waals surface area contributed by atoms with E-state index in [1.807, 2.05) is 6.92 Å². The molecule has 0 aliphatic heterocycles. The normalized spacial score (nSPS) is 12.9. The Morgan fingerprint density at radius 3 is 2.35 bits per heavy atom. The van der Waals surface area contributed by atoms with E-state index < -0.39 is 21.5 Å². The molecule has 20 heavy (non-hydrogen) atoms. The van der Waals surface area contributed by atoms with E-state index in [-0.39, 0.29) is 17.2 Å². The van der Waals surface area contributed by atoms with Gasteiger partial charge in [-0.15, -0.1) is 11.3 Å². The molecule has 0 saturated carbocycles. The summed E-state index contributed by atoms with van der Waals surface area (Å²) in [6, 6.07) is 1.60. The standard InChI is InChI=1S/C12H18BrNO4S2/c1-8-7-10(19-11(8)13)20(17,18)14(12(2,3)4)6-5-9(15)16/h7H,5-6H2,1-4H3,(H,15,16). The molecule has 114 valence electrons. The number of aryl methyl sites for hydroxylation is 1. The molecule has 0 radical (unpaired) electrons. The van der Waals surface area contributed by atoms with Gasteiger partial charge in [0, 0.05) is 12.1 Å². The fraction of sp³-hybridized carbons (Fsp3) is 0.583. The second-order valence-corrected chi connectivity index (χ2v) is 9.87. The molecule has 0 atom stereocenters. The summed E-state index contributed by atoms with van der Waals surface area (Å²) in [7, 11) is -3.70. The van der Waals surface area contributed by atoms with E-state index in [1.54, 1.807) is 26.8 Å². The highest BCUT2D eigenvalue weighted by Gasteiger charge is 2.35. The Morgan fingerprint density at radius 2 is 2.00 bits per heavy atom. The third-order valence-corrected chi connectivity index (χ3v) is 7.41. The number of hydrogen-bond acceptors (Lipinski definition) is 4. The van der Waals surface area contributed by atoms with Crippen LogP contribution in [0, 0.1) is 6.92 Å². The van der Waals surface area contributed by atoms with E-state index in [0.717, 1.165) is 20.7 Å². The molecule has 1 heterocycles. The van der Waals surface area contributed by atoms with Gasteiger partial charge in [0.1, 0.15) is 4.21 Å². The molecule has 0 bridgehead atoms. The zero-order valence-corrected chi connectivity index (χ0v) is 15.0. The molecule has 0 aliphatic carbocycles. The molecular formula is C12H18BrNO4S2. The van der Waals surface area contributed by atoms with Crippen molar-refractivity contribution >= 4 is 43.3 Å². The van der Waals surface area contributed by atoms with Gasteiger partial charge in [0.15, 0.2) is 0 Å². The summed E-state index contributed by atoms with van der Waals surface area (Å²) in [5.74, 6) is -1.02. The monoisotopic (exact) mass is 383 g/mol. The number of halogens is 1. The highest BCUT2D eigenvalue weighted by molar-refractivity contribution is 9.11. The minimum absolute atomic E-state index is 0.0459. The predicted molar refractivity (Wildman–Crippen MR) is 82.7 cm³/mol. The quantitative estimate of drug-likeness (QED) is 0.847. The van der Waals surface area contributed by atoms with Crippen LogP contribution in [0.25, 0.3) is 0 Å². The molecule has 1 N–H and O–H groups in total. The summed E-state index contributed by atoms with van der Waals surface area (Å²) in [5.41, 5.74) is 0.166. The van der Waals surface area contributed by atoms with Gasteiger partial charge in [0.05, 0.1) is 10.2 Å². The van der Waals surface area contributed by atoms with Gasteiger partial charge in [0.2, 0.25) is 0 Å². The van der Waals surface area contributed by atoms with Gasteiger partial charge in [0.25, 0.3) is 10.0 Å². The molecule has 0 amide bonds. The van der Waals surface area contributed by atoms with Gasteiger partial charge >= 0.3 is 5.97 Å². The first-order valence-electron chi connectivity index (χ1n) is 5.97. The molecule has 0 saturated heterocycles. The Labute approximate surface area is 131 Å². The fourth-order valence-electron chi connectivity index (χ4n) is 1.68. The van der Waals surface area contributed by atoms with Crippen molar-refractivity contribution in [2.24, 2.45) is 0 Å². The number of sulfonamides is 1. The number of rotatable bonds is 5. The maximum Gasteiger partial charge on any atom is 0.304 e. The molecule has 5 nitrogen and oxygen atoms in total. The van der Waals surface area contributed by atoms with Gasteiger partial charge in [-0.25, -0.2) is 8.42 Å². The number of carbonyl (C=O) groups is 1. The first-order chi connectivity index (χ1) is 8.96. The lowest BCUT2D eigenvalue weighted by Gasteiger charge is -2.33. The van der Waals surface area contributed by atoms with Gasteiger partial charge in [-0.2, -0.15) is 4.31 Å². The van der Waals surface area contributed by atoms with E-state index in [9.17, 15) is 13.2 Å². The van der Waals surface area contributed by atoms with Crippen LogP contribution in [0.15, 0.2) is 14.1 Å². The summed E-state index contributed by atoms with van der Waals surface area (Å²) in [5, 5.41) is 8.79. The van der Waals surface area contributed by atoms with Crippen molar-refractivity contribution in [1.82, 2.24) is 4.31 Å². The van der Waals surface area contributed by atoms with E-state index in [0.29, 0.717) is 0 Å². The molecule has 0 unspecified atom stereocenters. The van der Waals surface area contributed by atoms with Gasteiger partial charge < -0.3 is 5.11 Å². The summed E-state index contributed by atoms with van der Waals surface area (Å²) < 4.78 is 27.6. The van der Waals surface area contributed by atoms with Gasteiger partial charge in [-0.05, 0) is 55.3 Å². The summed E-state index contributed by atoms with van der Waals surface area (Å²) in [6.45, 7) is 7.03. The Morgan fingerprint density at radius 1 is 1.45 bits per heavy atom. The summed E-state index contributed by atoms with van der Waals surface area (Å²) in [6.07, 6.45) is -0.220. The van der Waals surface area contributed by atoms with E-state index in [4.69, 9.17) is 5.11 Å². The number of aliphatic carboxylic acids is 1. The number of nitrogens with zero attached hydrogens (tertiary/aromatic N) is 1. The van der Waals surface area contributed by atoms with Crippen LogP contribution in [0.4, 0.5) is 0 Å². The second kappa shape index (κ2) is 6.13. The van der Waals surface area contributed by atoms with Crippen molar-refractivity contribution in [3.05, 3.63) is 15.4 Å². The number of carboxylic acid groups (broad SMARTS) is 1. The van der Waals surface area contributed by atoms with Crippen molar-refractivity contribution in [3.8, 4) is 0 Å². The number of carboxylic acids is 1. The smallest absolute Gasteiger partial charge is 0.304 e. The van der Waals surface area contributed by atoms with Crippen molar-refractivity contribution in [1.29, 1.82) is 0 Å². The maximum atomic E-state index is 12.7. The third kappa shape index (κ3) is 4.03. The van der Waals surface area contributed by atoms with Crippen molar-refractivity contribution in [2.45, 2.75) is 43.9 Å². The minimum Gasteiger partial charge on any atom is -0.481 e. The third-order valence-electron chi connectivity index (χ3n) is 2.66. The highest BCUT2D eigenvalue weighted by atomic mass is 79.9. The van der Waals surface area contributed by atoms with Crippen molar-refractivity contribution < 1.29 is 18.3 Å². The zero-order valence-electron chi connectivity index (χ0n) is 11.8. The highest BCUT2D eigenvalue weighted by Crippen LogP contribution is 2.34. The van der Waals surface area contributed by atoms with Crippen LogP contribution < -0.4 is 0 Å². The first kappa shape index (κ1) is 17.6. The molecule has 0 fully saturated rings. The largest absolute Gasteiger partial charge is 0.481 e. The molecule has 1 rings (SSSR count). The fourth-order valence-corrected chi connectivity index (χ4v) is 5.81. The van der Waals surface area contributed by atoms with Crippen LogP contribution in [0.5, 0.6) is 0 Å². The molecule has 0 aromatic carbocycles. The van der Waals surface area contributed by atoms with Crippen molar-refractivity contribution in [3.63, 3.8) is 0 Å². The zero-order chi connectivity index (χ0) is 15.7. The van der Waals surface area contributed by atoms with Crippen LogP contribution in [0.3, 0.4) is 0 Å². The molecule has 8 heteroatoms. The van der Waals surface area contributed by atoms with Gasteiger partial charge in [-0.3, -0.25) is 4.79 Å². The Bertz CT molecular complexity index is 582. The molecule has 1 aromatic heterocycles. The number of thiophene rings is 1. The summed E-state index contributed by atoms with van der Waals surface area (Å²) in [4.78, 5) is 10.7. The van der Waals surface area contributed by atoms with Crippen LogP contribution >= 0.6 is 27.3 Å². The lowest BCUT2D eigenvalue weighted by Crippen LogP contribution is -2.46.